The monoisotopic (exact) mass is 330 g/mol. The Morgan fingerprint density at radius 2 is 2.29 bits per heavy atom. The second-order valence-electron chi connectivity index (χ2n) is 5.93. The van der Waals surface area contributed by atoms with E-state index >= 15 is 0 Å². The van der Waals surface area contributed by atoms with E-state index in [1.807, 2.05) is 10.8 Å². The standard InChI is InChI=1S/C17H22N4O3/c1-2-3-4-5-6-11-8-21(14-7-12(23)13(9-22)24-14)17-15(11)16(18)19-10-20-17/h8,10,12-14,22-23H,2-4,7,9H2,1H3,(H2,18,19,20)/t12-,13+,14+/m0/s1. The summed E-state index contributed by atoms with van der Waals surface area (Å²) in [6.07, 6.45) is 4.86. The van der Waals surface area contributed by atoms with Crippen molar-refractivity contribution in [3.63, 3.8) is 0 Å². The van der Waals surface area contributed by atoms with Gasteiger partial charge in [0.2, 0.25) is 0 Å². The molecule has 1 saturated heterocycles. The van der Waals surface area contributed by atoms with Crippen molar-refractivity contribution in [3.05, 3.63) is 18.1 Å². The quantitative estimate of drug-likeness (QED) is 0.574. The minimum atomic E-state index is -0.712. The number of rotatable bonds is 4. The smallest absolute Gasteiger partial charge is 0.148 e. The van der Waals surface area contributed by atoms with Crippen LogP contribution in [0.3, 0.4) is 0 Å². The first-order valence-corrected chi connectivity index (χ1v) is 8.20. The zero-order valence-corrected chi connectivity index (χ0v) is 13.6. The second-order valence-corrected chi connectivity index (χ2v) is 5.93. The van der Waals surface area contributed by atoms with E-state index in [1.165, 1.54) is 6.33 Å². The van der Waals surface area contributed by atoms with E-state index < -0.39 is 18.4 Å². The third-order valence-electron chi connectivity index (χ3n) is 4.21. The summed E-state index contributed by atoms with van der Waals surface area (Å²) >= 11 is 0. The molecule has 4 N–H and O–H groups in total. The zero-order chi connectivity index (χ0) is 17.1. The van der Waals surface area contributed by atoms with E-state index in [2.05, 4.69) is 28.7 Å². The van der Waals surface area contributed by atoms with Crippen molar-refractivity contribution in [1.29, 1.82) is 0 Å². The van der Waals surface area contributed by atoms with E-state index in [1.54, 1.807) is 0 Å². The molecule has 1 fully saturated rings. The lowest BCUT2D eigenvalue weighted by molar-refractivity contribution is -0.0430. The normalized spacial score (nSPS) is 23.4. The topological polar surface area (TPSA) is 106 Å². The van der Waals surface area contributed by atoms with Crippen molar-refractivity contribution < 1.29 is 14.9 Å². The van der Waals surface area contributed by atoms with Crippen LogP contribution in [0.2, 0.25) is 0 Å². The molecule has 128 valence electrons. The minimum absolute atomic E-state index is 0.225. The summed E-state index contributed by atoms with van der Waals surface area (Å²) in [5.41, 5.74) is 7.40. The molecule has 0 amide bonds. The number of aromatic nitrogens is 3. The number of aliphatic hydroxyl groups excluding tert-OH is 2. The maximum Gasteiger partial charge on any atom is 0.148 e. The molecule has 0 aliphatic carbocycles. The zero-order valence-electron chi connectivity index (χ0n) is 13.6. The molecule has 0 radical (unpaired) electrons. The van der Waals surface area contributed by atoms with E-state index in [0.29, 0.717) is 23.3 Å². The van der Waals surface area contributed by atoms with Gasteiger partial charge in [-0.2, -0.15) is 0 Å². The van der Waals surface area contributed by atoms with Gasteiger partial charge < -0.3 is 25.3 Å². The summed E-state index contributed by atoms with van der Waals surface area (Å²) in [5, 5.41) is 19.9. The predicted octanol–water partition coefficient (Wildman–Crippen LogP) is 1.20. The van der Waals surface area contributed by atoms with Crippen LogP contribution in [-0.4, -0.2) is 43.6 Å². The fraction of sp³-hybridized carbons (Fsp3) is 0.529. The number of fused-ring (bicyclic) bond motifs is 1. The molecular formula is C17H22N4O3. The molecular weight excluding hydrogens is 308 g/mol. The van der Waals surface area contributed by atoms with Crippen LogP contribution >= 0.6 is 0 Å². The summed E-state index contributed by atoms with van der Waals surface area (Å²) in [5.74, 6) is 6.67. The summed E-state index contributed by atoms with van der Waals surface area (Å²) in [6.45, 7) is 1.90. The fourth-order valence-electron chi connectivity index (χ4n) is 2.90. The Morgan fingerprint density at radius 1 is 1.46 bits per heavy atom. The highest BCUT2D eigenvalue weighted by Gasteiger charge is 2.35. The van der Waals surface area contributed by atoms with E-state index in [0.717, 1.165) is 24.8 Å². The lowest BCUT2D eigenvalue weighted by Gasteiger charge is -2.14. The number of nitrogens with zero attached hydrogens (tertiary/aromatic N) is 3. The van der Waals surface area contributed by atoms with Gasteiger partial charge in [-0.1, -0.05) is 25.2 Å². The van der Waals surface area contributed by atoms with Crippen molar-refractivity contribution in [2.75, 3.05) is 12.3 Å². The Kier molecular flexibility index (Phi) is 5.00. The Labute approximate surface area is 140 Å². The molecule has 7 nitrogen and oxygen atoms in total. The predicted molar refractivity (Wildman–Crippen MR) is 90.0 cm³/mol. The Balaban J connectivity index is 2.00. The Morgan fingerprint density at radius 3 is 3.00 bits per heavy atom. The number of nitrogens with two attached hydrogens (primary N) is 1. The first-order chi connectivity index (χ1) is 11.7. The van der Waals surface area contributed by atoms with Gasteiger partial charge in [-0.05, 0) is 6.42 Å². The van der Waals surface area contributed by atoms with Gasteiger partial charge in [-0.3, -0.25) is 0 Å². The SMILES string of the molecule is CCCCC#Cc1cn([C@H]2C[C@H](O)[C@@H](CO)O2)c2ncnc(N)c12. The third kappa shape index (κ3) is 3.08. The third-order valence-corrected chi connectivity index (χ3v) is 4.21. The van der Waals surface area contributed by atoms with Crippen molar-refractivity contribution in [2.24, 2.45) is 0 Å². The minimum Gasteiger partial charge on any atom is -0.394 e. The van der Waals surface area contributed by atoms with Gasteiger partial charge in [0.05, 0.1) is 23.7 Å². The number of unbranched alkanes of at least 4 members (excludes halogenated alkanes) is 2. The number of aliphatic hydroxyl groups is 2. The lowest BCUT2D eigenvalue weighted by atomic mass is 10.2. The molecule has 2 aromatic rings. The van der Waals surface area contributed by atoms with Gasteiger partial charge in [0.1, 0.15) is 30.1 Å². The highest BCUT2D eigenvalue weighted by Crippen LogP contribution is 2.33. The van der Waals surface area contributed by atoms with Crippen LogP contribution in [0.1, 0.15) is 44.4 Å². The van der Waals surface area contributed by atoms with Gasteiger partial charge in [0, 0.05) is 19.0 Å². The second kappa shape index (κ2) is 7.18. The summed E-state index contributed by atoms with van der Waals surface area (Å²) in [6, 6.07) is 0. The lowest BCUT2D eigenvalue weighted by Crippen LogP contribution is -2.24. The summed E-state index contributed by atoms with van der Waals surface area (Å²) < 4.78 is 7.54. The van der Waals surface area contributed by atoms with Gasteiger partial charge >= 0.3 is 0 Å². The molecule has 0 bridgehead atoms. The number of nitrogen functional groups attached to an aromatic ring is 1. The van der Waals surface area contributed by atoms with E-state index in [-0.39, 0.29) is 6.61 Å². The fourth-order valence-corrected chi connectivity index (χ4v) is 2.90. The van der Waals surface area contributed by atoms with Crippen LogP contribution in [0.4, 0.5) is 5.82 Å². The first kappa shape index (κ1) is 16.7. The molecule has 24 heavy (non-hydrogen) atoms. The first-order valence-electron chi connectivity index (χ1n) is 8.20. The van der Waals surface area contributed by atoms with Gasteiger partial charge in [-0.15, -0.1) is 0 Å². The maximum absolute atomic E-state index is 9.97. The van der Waals surface area contributed by atoms with Crippen LogP contribution in [0.25, 0.3) is 11.0 Å². The van der Waals surface area contributed by atoms with Gasteiger partial charge in [0.15, 0.2) is 0 Å². The molecule has 3 atom stereocenters. The average molecular weight is 330 g/mol. The van der Waals surface area contributed by atoms with Crippen LogP contribution in [-0.2, 0) is 4.74 Å². The Hall–Kier alpha value is -2.14. The largest absolute Gasteiger partial charge is 0.394 e. The van der Waals surface area contributed by atoms with Gasteiger partial charge in [0.25, 0.3) is 0 Å². The number of ether oxygens (including phenoxy) is 1. The van der Waals surface area contributed by atoms with Crippen molar-refractivity contribution in [3.8, 4) is 11.8 Å². The molecule has 0 unspecified atom stereocenters. The Bertz CT molecular complexity index is 777. The van der Waals surface area contributed by atoms with Crippen LogP contribution < -0.4 is 5.73 Å². The molecule has 0 saturated carbocycles. The van der Waals surface area contributed by atoms with E-state index in [9.17, 15) is 10.2 Å². The van der Waals surface area contributed by atoms with Crippen LogP contribution in [0.15, 0.2) is 12.5 Å². The molecule has 1 aliphatic rings. The van der Waals surface area contributed by atoms with E-state index in [4.69, 9.17) is 10.5 Å². The summed E-state index contributed by atoms with van der Waals surface area (Å²) in [7, 11) is 0. The highest BCUT2D eigenvalue weighted by atomic mass is 16.5. The molecule has 0 aromatic carbocycles. The molecule has 3 rings (SSSR count). The number of anilines is 1. The molecule has 2 aromatic heterocycles. The number of hydrogen-bond acceptors (Lipinski definition) is 6. The van der Waals surface area contributed by atoms with Crippen LogP contribution in [0, 0.1) is 11.8 Å². The molecule has 3 heterocycles. The average Bonchev–Trinajstić information content (AvgIpc) is 3.13. The maximum atomic E-state index is 9.97. The molecule has 7 heteroatoms. The van der Waals surface area contributed by atoms with Crippen LogP contribution in [0.5, 0.6) is 0 Å². The highest BCUT2D eigenvalue weighted by molar-refractivity contribution is 5.92. The van der Waals surface area contributed by atoms with Crippen molar-refractivity contribution in [2.45, 2.75) is 51.0 Å². The summed E-state index contributed by atoms with van der Waals surface area (Å²) in [4.78, 5) is 8.36. The van der Waals surface area contributed by atoms with Crippen molar-refractivity contribution >= 4 is 16.9 Å². The van der Waals surface area contributed by atoms with Gasteiger partial charge in [-0.25, -0.2) is 9.97 Å². The molecule has 1 aliphatic heterocycles. The molecule has 0 spiro atoms. The van der Waals surface area contributed by atoms with Crippen molar-refractivity contribution in [1.82, 2.24) is 14.5 Å². The number of hydrogen-bond donors (Lipinski definition) is 3.